The van der Waals surface area contributed by atoms with Crippen molar-refractivity contribution in [3.05, 3.63) is 52.1 Å². The molecule has 1 aliphatic rings. The normalized spacial score (nSPS) is 17.4. The number of nitrogens with zero attached hydrogens (tertiary/aromatic N) is 1. The van der Waals surface area contributed by atoms with Crippen LogP contribution in [0.5, 0.6) is 0 Å². The molecule has 4 N–H and O–H groups in total. The summed E-state index contributed by atoms with van der Waals surface area (Å²) >= 11 is 0. The first-order valence-corrected chi connectivity index (χ1v) is 5.92. The Labute approximate surface area is 104 Å². The maximum Gasteiger partial charge on any atom is 0.252 e. The molecule has 0 aliphatic heterocycles. The number of aromatic amines is 1. The van der Waals surface area contributed by atoms with Gasteiger partial charge in [-0.05, 0) is 36.1 Å². The van der Waals surface area contributed by atoms with Gasteiger partial charge in [0.1, 0.15) is 5.82 Å². The van der Waals surface area contributed by atoms with Gasteiger partial charge in [-0.2, -0.15) is 0 Å². The molecule has 5 nitrogen and oxygen atoms in total. The number of hydrogen-bond donors (Lipinski definition) is 3. The van der Waals surface area contributed by atoms with Crippen LogP contribution in [0.1, 0.15) is 23.6 Å². The molecule has 0 amide bonds. The quantitative estimate of drug-likeness (QED) is 0.696. The van der Waals surface area contributed by atoms with Crippen LogP contribution in [0.15, 0.2) is 35.4 Å². The molecule has 0 saturated carbocycles. The Morgan fingerprint density at radius 3 is 3.11 bits per heavy atom. The Balaban J connectivity index is 1.87. The second kappa shape index (κ2) is 4.18. The SMILES string of the molecule is Nc1ccc2c(c1)CCC2Nc1cc(=O)[nH]cn1. The molecule has 1 aromatic heterocycles. The van der Waals surface area contributed by atoms with Crippen molar-refractivity contribution in [2.24, 2.45) is 0 Å². The number of aryl methyl sites for hydroxylation is 1. The van der Waals surface area contributed by atoms with E-state index in [0.717, 1.165) is 18.5 Å². The van der Waals surface area contributed by atoms with Gasteiger partial charge in [0.05, 0.1) is 12.4 Å². The number of anilines is 2. The molecule has 0 bridgehead atoms. The van der Waals surface area contributed by atoms with Gasteiger partial charge in [-0.15, -0.1) is 0 Å². The smallest absolute Gasteiger partial charge is 0.252 e. The predicted octanol–water partition coefficient (Wildman–Crippen LogP) is 1.45. The van der Waals surface area contributed by atoms with Crippen molar-refractivity contribution in [2.45, 2.75) is 18.9 Å². The maximum atomic E-state index is 11.2. The highest BCUT2D eigenvalue weighted by atomic mass is 16.1. The minimum Gasteiger partial charge on any atom is -0.399 e. The number of aromatic nitrogens is 2. The number of fused-ring (bicyclic) bond motifs is 1. The van der Waals surface area contributed by atoms with Crippen molar-refractivity contribution in [2.75, 3.05) is 11.1 Å². The topological polar surface area (TPSA) is 83.8 Å². The van der Waals surface area contributed by atoms with Crippen molar-refractivity contribution < 1.29 is 0 Å². The Hall–Kier alpha value is -2.30. The van der Waals surface area contributed by atoms with Crippen molar-refractivity contribution in [1.29, 1.82) is 0 Å². The van der Waals surface area contributed by atoms with Crippen LogP contribution in [0.3, 0.4) is 0 Å². The number of nitrogens with two attached hydrogens (primary N) is 1. The Morgan fingerprint density at radius 2 is 2.28 bits per heavy atom. The van der Waals surface area contributed by atoms with Gasteiger partial charge in [0, 0.05) is 11.8 Å². The molecule has 1 heterocycles. The van der Waals surface area contributed by atoms with Crippen LogP contribution in [-0.4, -0.2) is 9.97 Å². The van der Waals surface area contributed by atoms with Crippen LogP contribution >= 0.6 is 0 Å². The van der Waals surface area contributed by atoms with E-state index in [1.165, 1.54) is 23.5 Å². The lowest BCUT2D eigenvalue weighted by molar-refractivity contribution is 0.756. The zero-order valence-corrected chi connectivity index (χ0v) is 9.81. The minimum absolute atomic E-state index is 0.150. The van der Waals surface area contributed by atoms with E-state index in [1.807, 2.05) is 18.2 Å². The third-order valence-electron chi connectivity index (χ3n) is 3.25. The van der Waals surface area contributed by atoms with Gasteiger partial charge < -0.3 is 16.0 Å². The third-order valence-corrected chi connectivity index (χ3v) is 3.25. The largest absolute Gasteiger partial charge is 0.399 e. The summed E-state index contributed by atoms with van der Waals surface area (Å²) in [6, 6.07) is 7.64. The van der Waals surface area contributed by atoms with Crippen LogP contribution in [0.25, 0.3) is 0 Å². The van der Waals surface area contributed by atoms with E-state index < -0.39 is 0 Å². The van der Waals surface area contributed by atoms with Crippen LogP contribution in [0, 0.1) is 0 Å². The van der Waals surface area contributed by atoms with E-state index in [9.17, 15) is 4.79 Å². The first kappa shape index (κ1) is 10.8. The lowest BCUT2D eigenvalue weighted by Crippen LogP contribution is -2.12. The molecule has 1 aliphatic carbocycles. The van der Waals surface area contributed by atoms with E-state index in [2.05, 4.69) is 15.3 Å². The van der Waals surface area contributed by atoms with Crippen LogP contribution in [0.2, 0.25) is 0 Å². The molecule has 1 atom stereocenters. The summed E-state index contributed by atoms with van der Waals surface area (Å²) in [4.78, 5) is 17.8. The summed E-state index contributed by atoms with van der Waals surface area (Å²) in [6.45, 7) is 0. The fourth-order valence-electron chi connectivity index (χ4n) is 2.41. The molecule has 2 aromatic rings. The molecule has 18 heavy (non-hydrogen) atoms. The fraction of sp³-hybridized carbons (Fsp3) is 0.231. The molecular formula is C13H14N4O. The highest BCUT2D eigenvalue weighted by molar-refractivity contribution is 5.50. The molecular weight excluding hydrogens is 228 g/mol. The second-order valence-electron chi connectivity index (χ2n) is 4.49. The zero-order valence-electron chi connectivity index (χ0n) is 9.81. The summed E-state index contributed by atoms with van der Waals surface area (Å²) in [5.41, 5.74) is 8.93. The zero-order chi connectivity index (χ0) is 12.5. The van der Waals surface area contributed by atoms with E-state index in [0.29, 0.717) is 5.82 Å². The molecule has 1 aromatic carbocycles. The van der Waals surface area contributed by atoms with Gasteiger partial charge in [0.25, 0.3) is 5.56 Å². The fourth-order valence-corrected chi connectivity index (χ4v) is 2.41. The van der Waals surface area contributed by atoms with E-state index >= 15 is 0 Å². The summed E-state index contributed by atoms with van der Waals surface area (Å²) in [6.07, 6.45) is 3.40. The summed E-state index contributed by atoms with van der Waals surface area (Å²) < 4.78 is 0. The minimum atomic E-state index is -0.150. The molecule has 0 radical (unpaired) electrons. The Kier molecular flexibility index (Phi) is 2.51. The molecule has 0 fully saturated rings. The number of H-pyrrole nitrogens is 1. The lowest BCUT2D eigenvalue weighted by Gasteiger charge is -2.14. The Morgan fingerprint density at radius 1 is 1.39 bits per heavy atom. The van der Waals surface area contributed by atoms with Crippen molar-refractivity contribution in [1.82, 2.24) is 9.97 Å². The number of nitrogens with one attached hydrogen (secondary N) is 2. The van der Waals surface area contributed by atoms with Gasteiger partial charge >= 0.3 is 0 Å². The van der Waals surface area contributed by atoms with Gasteiger partial charge in [0.2, 0.25) is 0 Å². The number of nitrogen functional groups attached to an aromatic ring is 1. The highest BCUT2D eigenvalue weighted by Gasteiger charge is 2.22. The van der Waals surface area contributed by atoms with Gasteiger partial charge in [-0.1, -0.05) is 6.07 Å². The van der Waals surface area contributed by atoms with Crippen molar-refractivity contribution in [3.63, 3.8) is 0 Å². The van der Waals surface area contributed by atoms with Gasteiger partial charge in [-0.25, -0.2) is 4.98 Å². The molecule has 1 unspecified atom stereocenters. The molecule has 0 saturated heterocycles. The highest BCUT2D eigenvalue weighted by Crippen LogP contribution is 2.34. The molecule has 0 spiro atoms. The number of rotatable bonds is 2. The third kappa shape index (κ3) is 1.95. The summed E-state index contributed by atoms with van der Waals surface area (Å²) in [7, 11) is 0. The second-order valence-corrected chi connectivity index (χ2v) is 4.49. The van der Waals surface area contributed by atoms with E-state index in [4.69, 9.17) is 5.73 Å². The van der Waals surface area contributed by atoms with E-state index in [-0.39, 0.29) is 11.6 Å². The van der Waals surface area contributed by atoms with Crippen LogP contribution in [0.4, 0.5) is 11.5 Å². The van der Waals surface area contributed by atoms with Crippen LogP contribution in [-0.2, 0) is 6.42 Å². The summed E-state index contributed by atoms with van der Waals surface area (Å²) in [5, 5.41) is 3.29. The molecule has 5 heteroatoms. The first-order valence-electron chi connectivity index (χ1n) is 5.92. The maximum absolute atomic E-state index is 11.2. The van der Waals surface area contributed by atoms with Gasteiger partial charge in [0.15, 0.2) is 0 Å². The molecule has 3 rings (SSSR count). The predicted molar refractivity (Wildman–Crippen MR) is 70.4 cm³/mol. The summed E-state index contributed by atoms with van der Waals surface area (Å²) in [5.74, 6) is 0.605. The number of benzene rings is 1. The number of hydrogen-bond acceptors (Lipinski definition) is 4. The monoisotopic (exact) mass is 242 g/mol. The van der Waals surface area contributed by atoms with Gasteiger partial charge in [-0.3, -0.25) is 4.79 Å². The Bertz CT molecular complexity index is 635. The van der Waals surface area contributed by atoms with Crippen molar-refractivity contribution >= 4 is 11.5 Å². The molecule has 92 valence electrons. The first-order chi connectivity index (χ1) is 8.72. The van der Waals surface area contributed by atoms with Crippen LogP contribution < -0.4 is 16.6 Å². The average molecular weight is 242 g/mol. The van der Waals surface area contributed by atoms with E-state index in [1.54, 1.807) is 0 Å². The standard InChI is InChI=1S/C13H14N4O/c14-9-2-3-10-8(5-9)1-4-11(10)17-12-6-13(18)16-7-15-12/h2-3,5-7,11H,1,4,14H2,(H2,15,16,17,18). The average Bonchev–Trinajstić information content (AvgIpc) is 2.72. The van der Waals surface area contributed by atoms with Crippen molar-refractivity contribution in [3.8, 4) is 0 Å². The lowest BCUT2D eigenvalue weighted by atomic mass is 10.1.